The molecule has 1 amide bonds. The second kappa shape index (κ2) is 7.20. The Bertz CT molecular complexity index is 810. The Balaban J connectivity index is 2.15. The molecule has 0 N–H and O–H groups in total. The average Bonchev–Trinajstić information content (AvgIpc) is 2.63. The highest BCUT2D eigenvalue weighted by atomic mass is 32.2. The molecule has 2 aliphatic rings. The van der Waals surface area contributed by atoms with E-state index in [-0.39, 0.29) is 22.7 Å². The molecule has 4 heteroatoms. The van der Waals surface area contributed by atoms with E-state index in [1.54, 1.807) is 4.90 Å². The van der Waals surface area contributed by atoms with Crippen LogP contribution in [0.3, 0.4) is 0 Å². The van der Waals surface area contributed by atoms with Gasteiger partial charge in [-0.2, -0.15) is 0 Å². The second-order valence-corrected chi connectivity index (χ2v) is 10.7. The number of carbonyl (C=O) groups excluding carboxylic acids is 1. The Morgan fingerprint density at radius 3 is 2.52 bits per heavy atom. The maximum absolute atomic E-state index is 13.5. The number of allylic oxidation sites excluding steroid dienone is 2. The summed E-state index contributed by atoms with van der Waals surface area (Å²) in [5.41, 5.74) is 3.69. The quantitative estimate of drug-likeness (QED) is 0.564. The van der Waals surface area contributed by atoms with Crippen LogP contribution in [-0.4, -0.2) is 22.9 Å². The molecule has 3 rings (SSSR count). The molecule has 3 atom stereocenters. The lowest BCUT2D eigenvalue weighted by Gasteiger charge is -2.50. The molecule has 1 aliphatic carbocycles. The molecule has 1 aromatic carbocycles. The summed E-state index contributed by atoms with van der Waals surface area (Å²) in [6.45, 7) is 11.2. The lowest BCUT2D eigenvalue weighted by Crippen LogP contribution is -2.44. The minimum absolute atomic E-state index is 0.0200. The zero-order valence-electron chi connectivity index (χ0n) is 17.6. The maximum Gasteiger partial charge on any atom is 0.229 e. The largest absolute Gasteiger partial charge is 0.314 e. The predicted octanol–water partition coefficient (Wildman–Crippen LogP) is 5.33. The minimum atomic E-state index is -1.15. The van der Waals surface area contributed by atoms with Crippen molar-refractivity contribution in [2.45, 2.75) is 65.2 Å². The van der Waals surface area contributed by atoms with Gasteiger partial charge in [-0.15, -0.1) is 0 Å². The number of para-hydroxylation sites is 1. The van der Waals surface area contributed by atoms with Gasteiger partial charge in [0.1, 0.15) is 0 Å². The fourth-order valence-corrected chi connectivity index (χ4v) is 6.74. The maximum atomic E-state index is 13.5. The third-order valence-corrected chi connectivity index (χ3v) is 9.07. The van der Waals surface area contributed by atoms with Crippen LogP contribution in [0.2, 0.25) is 0 Å². The molecule has 3 nitrogen and oxygen atoms in total. The van der Waals surface area contributed by atoms with Crippen LogP contribution in [0.4, 0.5) is 5.69 Å². The number of rotatable bonds is 0. The summed E-state index contributed by atoms with van der Waals surface area (Å²) in [5.74, 6) is 0.681. The van der Waals surface area contributed by atoms with E-state index in [0.29, 0.717) is 5.75 Å². The van der Waals surface area contributed by atoms with Gasteiger partial charge in [0.05, 0.1) is 21.4 Å². The van der Waals surface area contributed by atoms with Crippen molar-refractivity contribution in [1.29, 1.82) is 0 Å². The molecule has 0 fully saturated rings. The summed E-state index contributed by atoms with van der Waals surface area (Å²) in [7, 11) is 0.670. The monoisotopic (exact) mass is 387 g/mol. The van der Waals surface area contributed by atoms with Crippen LogP contribution in [0.25, 0.3) is 0 Å². The Hall–Kier alpha value is -1.42. The number of nitrogens with zero attached hydrogens (tertiary/aromatic N) is 1. The first-order valence-electron chi connectivity index (χ1n) is 10.0. The summed E-state index contributed by atoms with van der Waals surface area (Å²) < 4.78 is 13.5. The molecule has 148 valence electrons. The number of hydrogen-bond acceptors (Lipinski definition) is 2. The van der Waals surface area contributed by atoms with Gasteiger partial charge in [-0.1, -0.05) is 51.0 Å². The Morgan fingerprint density at radius 1 is 1.15 bits per heavy atom. The van der Waals surface area contributed by atoms with Crippen molar-refractivity contribution in [2.24, 2.45) is 16.7 Å². The van der Waals surface area contributed by atoms with E-state index in [9.17, 15) is 9.00 Å². The zero-order valence-corrected chi connectivity index (χ0v) is 18.4. The number of fused-ring (bicyclic) bond motifs is 3. The molecule has 1 unspecified atom stereocenters. The van der Waals surface area contributed by atoms with Crippen LogP contribution in [0.1, 0.15) is 60.3 Å². The van der Waals surface area contributed by atoms with E-state index in [1.165, 1.54) is 11.1 Å². The highest BCUT2D eigenvalue weighted by Gasteiger charge is 2.47. The van der Waals surface area contributed by atoms with Crippen LogP contribution in [0.5, 0.6) is 0 Å². The first-order chi connectivity index (χ1) is 12.6. The minimum Gasteiger partial charge on any atom is -0.314 e. The van der Waals surface area contributed by atoms with Gasteiger partial charge in [-0.25, -0.2) is 0 Å². The highest BCUT2D eigenvalue weighted by Crippen LogP contribution is 2.55. The molecule has 0 aromatic heterocycles. The first-order valence-corrected chi connectivity index (χ1v) is 11.3. The van der Waals surface area contributed by atoms with E-state index in [2.05, 4.69) is 27.7 Å². The Morgan fingerprint density at radius 2 is 1.81 bits per heavy atom. The number of anilines is 1. The molecule has 1 aliphatic heterocycles. The van der Waals surface area contributed by atoms with Crippen LogP contribution in [0, 0.1) is 16.7 Å². The van der Waals surface area contributed by atoms with Crippen molar-refractivity contribution in [3.05, 3.63) is 35.4 Å². The van der Waals surface area contributed by atoms with E-state index < -0.39 is 10.8 Å². The zero-order chi connectivity index (χ0) is 20.0. The van der Waals surface area contributed by atoms with E-state index in [1.807, 2.05) is 38.2 Å². The second-order valence-electron chi connectivity index (χ2n) is 9.24. The van der Waals surface area contributed by atoms with Crippen LogP contribution in [-0.2, 0) is 15.6 Å². The first kappa shape index (κ1) is 20.3. The summed E-state index contributed by atoms with van der Waals surface area (Å²) in [4.78, 5) is 15.5. The third-order valence-electron chi connectivity index (χ3n) is 7.33. The molecule has 2 bridgehead atoms. The molecule has 27 heavy (non-hydrogen) atoms. The van der Waals surface area contributed by atoms with Crippen molar-refractivity contribution in [3.8, 4) is 0 Å². The molecule has 0 saturated carbocycles. The van der Waals surface area contributed by atoms with Crippen LogP contribution < -0.4 is 4.90 Å². The Labute approximate surface area is 166 Å². The van der Waals surface area contributed by atoms with Crippen molar-refractivity contribution in [3.63, 3.8) is 0 Å². The van der Waals surface area contributed by atoms with E-state index in [0.717, 1.165) is 36.3 Å². The molecule has 1 heterocycles. The van der Waals surface area contributed by atoms with Gasteiger partial charge < -0.3 is 4.90 Å². The number of hydrogen-bond donors (Lipinski definition) is 0. The lowest BCUT2D eigenvalue weighted by atomic mass is 9.56. The number of carbonyl (C=O) groups is 1. The van der Waals surface area contributed by atoms with Gasteiger partial charge in [0.15, 0.2) is 0 Å². The van der Waals surface area contributed by atoms with Crippen LogP contribution in [0.15, 0.2) is 40.3 Å². The smallest absolute Gasteiger partial charge is 0.229 e. The molecular weight excluding hydrogens is 354 g/mol. The van der Waals surface area contributed by atoms with Crippen molar-refractivity contribution < 1.29 is 9.00 Å². The number of benzene rings is 1. The fourth-order valence-electron chi connectivity index (χ4n) is 4.83. The van der Waals surface area contributed by atoms with Gasteiger partial charge in [0.2, 0.25) is 5.91 Å². The Kier molecular flexibility index (Phi) is 5.42. The third kappa shape index (κ3) is 3.41. The predicted molar refractivity (Wildman–Crippen MR) is 113 cm³/mol. The molecule has 0 saturated heterocycles. The van der Waals surface area contributed by atoms with E-state index >= 15 is 0 Å². The van der Waals surface area contributed by atoms with Crippen molar-refractivity contribution in [2.75, 3.05) is 17.7 Å². The highest BCUT2D eigenvalue weighted by molar-refractivity contribution is 7.85. The summed E-state index contributed by atoms with van der Waals surface area (Å²) in [6, 6.07) is 7.70. The topological polar surface area (TPSA) is 37.4 Å². The van der Waals surface area contributed by atoms with Gasteiger partial charge in [0.25, 0.3) is 0 Å². The van der Waals surface area contributed by atoms with E-state index in [4.69, 9.17) is 0 Å². The van der Waals surface area contributed by atoms with Crippen molar-refractivity contribution in [1.82, 2.24) is 0 Å². The normalized spacial score (nSPS) is 31.8. The summed E-state index contributed by atoms with van der Waals surface area (Å²) in [5, 5.41) is 0. The lowest BCUT2D eigenvalue weighted by molar-refractivity contribution is -0.121. The molecule has 0 spiro atoms. The van der Waals surface area contributed by atoms with Gasteiger partial charge >= 0.3 is 0 Å². The average molecular weight is 388 g/mol. The standard InChI is InChI=1S/C23H33NO2S/c1-16-13-14-23(5)15-27(26)20-10-8-7-9-19(20)24(6)21(25)17(2)11-12-18(16)22(23,3)4/h7-10,17H,11-15H2,1-6H3/t17-,23+,27?/m1/s1. The summed E-state index contributed by atoms with van der Waals surface area (Å²) >= 11 is 0. The van der Waals surface area contributed by atoms with Crippen molar-refractivity contribution >= 4 is 22.4 Å². The number of amides is 1. The molecule has 1 aromatic rings. The SMILES string of the molecule is CC1=C2CC[C@@H](C)C(=O)N(C)c3ccccc3S(=O)C[C@](C)(CC1)C2(C)C. The molecule has 0 radical (unpaired) electrons. The fraction of sp³-hybridized carbons (Fsp3) is 0.609. The molecular formula is C23H33NO2S. The van der Waals surface area contributed by atoms with Gasteiger partial charge in [-0.3, -0.25) is 9.00 Å². The summed E-state index contributed by atoms with van der Waals surface area (Å²) in [6.07, 6.45) is 3.94. The van der Waals surface area contributed by atoms with Gasteiger partial charge in [0, 0.05) is 18.7 Å². The van der Waals surface area contributed by atoms with Gasteiger partial charge in [-0.05, 0) is 55.6 Å². The van der Waals surface area contributed by atoms with Crippen LogP contribution >= 0.6 is 0 Å².